The molecule has 2 heterocycles. The normalized spacial score (nSPS) is 16.4. The third kappa shape index (κ3) is 3.01. The molecule has 1 unspecified atom stereocenters. The van der Waals surface area contributed by atoms with E-state index in [1.807, 2.05) is 30.5 Å². The number of nitrogens with two attached hydrogens (primary N) is 1. The molecule has 0 saturated carbocycles. The molecule has 1 aromatic carbocycles. The monoisotopic (exact) mass is 367 g/mol. The van der Waals surface area contributed by atoms with Gasteiger partial charge in [0, 0.05) is 22.0 Å². The lowest BCUT2D eigenvalue weighted by molar-refractivity contribution is -0.115. The highest BCUT2D eigenvalue weighted by molar-refractivity contribution is 7.17. The first kappa shape index (κ1) is 16.8. The molecule has 0 spiro atoms. The summed E-state index contributed by atoms with van der Waals surface area (Å²) in [6.07, 6.45) is 4.95. The Kier molecular flexibility index (Phi) is 4.28. The number of hydrogen-bond donors (Lipinski definition) is 3. The van der Waals surface area contributed by atoms with Gasteiger partial charge in [-0.15, -0.1) is 11.3 Å². The molecule has 1 atom stereocenters. The zero-order valence-electron chi connectivity index (χ0n) is 14.6. The van der Waals surface area contributed by atoms with Gasteiger partial charge in [-0.2, -0.15) is 0 Å². The SMILES string of the molecule is CC1CCc2c(sc(NC(=O)Cc3c[nH]c4ccccc34)c2C(N)=O)C1. The summed E-state index contributed by atoms with van der Waals surface area (Å²) < 4.78 is 0. The number of amides is 2. The van der Waals surface area contributed by atoms with E-state index in [9.17, 15) is 9.59 Å². The molecule has 0 aliphatic heterocycles. The van der Waals surface area contributed by atoms with E-state index in [-0.39, 0.29) is 12.3 Å². The highest BCUT2D eigenvalue weighted by Gasteiger charge is 2.27. The smallest absolute Gasteiger partial charge is 0.251 e. The molecule has 3 aromatic rings. The number of carbonyl (C=O) groups excluding carboxylic acids is 2. The number of hydrogen-bond acceptors (Lipinski definition) is 3. The number of carbonyl (C=O) groups is 2. The molecule has 1 aliphatic carbocycles. The van der Waals surface area contributed by atoms with E-state index in [4.69, 9.17) is 5.73 Å². The van der Waals surface area contributed by atoms with Crippen molar-refractivity contribution in [2.75, 3.05) is 5.32 Å². The lowest BCUT2D eigenvalue weighted by Crippen LogP contribution is -2.20. The largest absolute Gasteiger partial charge is 0.365 e. The van der Waals surface area contributed by atoms with Crippen LogP contribution in [-0.2, 0) is 24.1 Å². The number of aromatic nitrogens is 1. The standard InChI is InChI=1S/C20H21N3O2S/c1-11-6-7-14-16(8-11)26-20(18(14)19(21)25)23-17(24)9-12-10-22-15-5-3-2-4-13(12)15/h2-5,10-11,22H,6-9H2,1H3,(H2,21,25)(H,23,24). The van der Waals surface area contributed by atoms with Gasteiger partial charge >= 0.3 is 0 Å². The molecule has 4 N–H and O–H groups in total. The van der Waals surface area contributed by atoms with Crippen molar-refractivity contribution in [1.29, 1.82) is 0 Å². The van der Waals surface area contributed by atoms with Crippen LogP contribution >= 0.6 is 11.3 Å². The van der Waals surface area contributed by atoms with Gasteiger partial charge in [-0.25, -0.2) is 0 Å². The van der Waals surface area contributed by atoms with Crippen molar-refractivity contribution >= 4 is 39.1 Å². The topological polar surface area (TPSA) is 88.0 Å². The van der Waals surface area contributed by atoms with Crippen molar-refractivity contribution in [3.05, 3.63) is 52.0 Å². The second kappa shape index (κ2) is 6.61. The lowest BCUT2D eigenvalue weighted by atomic mass is 9.88. The van der Waals surface area contributed by atoms with Gasteiger partial charge in [0.1, 0.15) is 5.00 Å². The number of aromatic amines is 1. The summed E-state index contributed by atoms with van der Waals surface area (Å²) in [7, 11) is 0. The zero-order valence-corrected chi connectivity index (χ0v) is 15.4. The van der Waals surface area contributed by atoms with Crippen molar-refractivity contribution < 1.29 is 9.59 Å². The first-order valence-corrected chi connectivity index (χ1v) is 9.63. The summed E-state index contributed by atoms with van der Waals surface area (Å²) in [5.74, 6) is -0.00000535. The Balaban J connectivity index is 1.59. The molecule has 0 fully saturated rings. The number of nitrogens with one attached hydrogen (secondary N) is 2. The zero-order chi connectivity index (χ0) is 18.3. The minimum Gasteiger partial charge on any atom is -0.365 e. The quantitative estimate of drug-likeness (QED) is 0.657. The summed E-state index contributed by atoms with van der Waals surface area (Å²) in [6.45, 7) is 2.21. The Labute approximate surface area is 155 Å². The lowest BCUT2D eigenvalue weighted by Gasteiger charge is -2.18. The van der Waals surface area contributed by atoms with Crippen LogP contribution < -0.4 is 11.1 Å². The van der Waals surface area contributed by atoms with E-state index < -0.39 is 5.91 Å². The van der Waals surface area contributed by atoms with Crippen LogP contribution in [-0.4, -0.2) is 16.8 Å². The summed E-state index contributed by atoms with van der Waals surface area (Å²) in [4.78, 5) is 28.9. The molecule has 0 radical (unpaired) electrons. The van der Waals surface area contributed by atoms with Crippen LogP contribution in [0.15, 0.2) is 30.5 Å². The molecule has 2 aromatic heterocycles. The van der Waals surface area contributed by atoms with Gasteiger partial charge < -0.3 is 16.0 Å². The Morgan fingerprint density at radius 1 is 1.35 bits per heavy atom. The molecule has 5 nitrogen and oxygen atoms in total. The third-order valence-corrected chi connectivity index (χ3v) is 6.21. The van der Waals surface area contributed by atoms with Crippen molar-refractivity contribution in [1.82, 2.24) is 4.98 Å². The summed E-state index contributed by atoms with van der Waals surface area (Å²) in [6, 6.07) is 7.89. The minimum atomic E-state index is -0.459. The van der Waals surface area contributed by atoms with Crippen LogP contribution in [0.4, 0.5) is 5.00 Å². The van der Waals surface area contributed by atoms with Crippen LogP contribution in [0, 0.1) is 5.92 Å². The van der Waals surface area contributed by atoms with Crippen LogP contribution in [0.1, 0.15) is 39.7 Å². The fourth-order valence-corrected chi connectivity index (χ4v) is 5.15. The van der Waals surface area contributed by atoms with E-state index in [1.165, 1.54) is 16.2 Å². The van der Waals surface area contributed by atoms with Crippen molar-refractivity contribution in [2.24, 2.45) is 11.7 Å². The molecule has 6 heteroatoms. The van der Waals surface area contributed by atoms with Gasteiger partial charge in [0.15, 0.2) is 0 Å². The molecule has 4 rings (SSSR count). The Hall–Kier alpha value is -2.60. The summed E-state index contributed by atoms with van der Waals surface area (Å²) in [5.41, 5.74) is 9.10. The van der Waals surface area contributed by atoms with E-state index in [0.29, 0.717) is 16.5 Å². The number of benzene rings is 1. The van der Waals surface area contributed by atoms with Crippen molar-refractivity contribution in [3.63, 3.8) is 0 Å². The maximum Gasteiger partial charge on any atom is 0.251 e. The Morgan fingerprint density at radius 3 is 2.96 bits per heavy atom. The van der Waals surface area contributed by atoms with Gasteiger partial charge in [0.2, 0.25) is 5.91 Å². The highest BCUT2D eigenvalue weighted by Crippen LogP contribution is 2.39. The van der Waals surface area contributed by atoms with E-state index in [2.05, 4.69) is 17.2 Å². The molecule has 26 heavy (non-hydrogen) atoms. The summed E-state index contributed by atoms with van der Waals surface area (Å²) in [5, 5.41) is 4.57. The van der Waals surface area contributed by atoms with Gasteiger partial charge in [-0.1, -0.05) is 25.1 Å². The molecule has 0 saturated heterocycles. The fraction of sp³-hybridized carbons (Fsp3) is 0.300. The molecule has 1 aliphatic rings. The molecule has 0 bridgehead atoms. The first-order chi connectivity index (χ1) is 12.5. The predicted octanol–water partition coefficient (Wildman–Crippen LogP) is 3.63. The summed E-state index contributed by atoms with van der Waals surface area (Å²) >= 11 is 1.50. The van der Waals surface area contributed by atoms with E-state index in [0.717, 1.165) is 41.3 Å². The predicted molar refractivity (Wildman–Crippen MR) is 105 cm³/mol. The number of anilines is 1. The van der Waals surface area contributed by atoms with Gasteiger partial charge in [-0.05, 0) is 42.4 Å². The number of fused-ring (bicyclic) bond motifs is 2. The number of primary amides is 1. The number of rotatable bonds is 4. The fourth-order valence-electron chi connectivity index (χ4n) is 3.72. The maximum atomic E-state index is 12.6. The second-order valence-corrected chi connectivity index (χ2v) is 8.11. The van der Waals surface area contributed by atoms with E-state index in [1.54, 1.807) is 0 Å². The van der Waals surface area contributed by atoms with Crippen molar-refractivity contribution in [3.8, 4) is 0 Å². The van der Waals surface area contributed by atoms with Crippen LogP contribution in [0.3, 0.4) is 0 Å². The maximum absolute atomic E-state index is 12.6. The van der Waals surface area contributed by atoms with Gasteiger partial charge in [0.25, 0.3) is 5.91 Å². The van der Waals surface area contributed by atoms with Crippen molar-refractivity contribution in [2.45, 2.75) is 32.6 Å². The highest BCUT2D eigenvalue weighted by atomic mass is 32.1. The van der Waals surface area contributed by atoms with Gasteiger partial charge in [-0.3, -0.25) is 9.59 Å². The van der Waals surface area contributed by atoms with Crippen LogP contribution in [0.5, 0.6) is 0 Å². The molecular weight excluding hydrogens is 346 g/mol. The Morgan fingerprint density at radius 2 is 2.15 bits per heavy atom. The molecular formula is C20H21N3O2S. The number of thiophene rings is 1. The van der Waals surface area contributed by atoms with Gasteiger partial charge in [0.05, 0.1) is 12.0 Å². The minimum absolute atomic E-state index is 0.135. The second-order valence-electron chi connectivity index (χ2n) is 7.00. The number of para-hydroxylation sites is 1. The third-order valence-electron chi connectivity index (χ3n) is 5.04. The average molecular weight is 367 g/mol. The van der Waals surface area contributed by atoms with Crippen LogP contribution in [0.25, 0.3) is 10.9 Å². The molecule has 2 amide bonds. The molecule has 134 valence electrons. The average Bonchev–Trinajstić information content (AvgIpc) is 3.15. The first-order valence-electron chi connectivity index (χ1n) is 8.82. The van der Waals surface area contributed by atoms with Crippen LogP contribution in [0.2, 0.25) is 0 Å². The number of H-pyrrole nitrogens is 1. The van der Waals surface area contributed by atoms with E-state index >= 15 is 0 Å². The Bertz CT molecular complexity index is 1000.